The highest BCUT2D eigenvalue weighted by molar-refractivity contribution is 5.98. The van der Waals surface area contributed by atoms with Crippen LogP contribution in [-0.4, -0.2) is 31.4 Å². The first-order chi connectivity index (χ1) is 10.2. The Bertz CT molecular complexity index is 449. The second-order valence-corrected chi connectivity index (χ2v) is 4.79. The number of hydrogen-bond donors (Lipinski definition) is 2. The van der Waals surface area contributed by atoms with Crippen LogP contribution in [0.4, 0.5) is 0 Å². The van der Waals surface area contributed by atoms with E-state index in [9.17, 15) is 9.59 Å². The predicted molar refractivity (Wildman–Crippen MR) is 89.7 cm³/mol. The van der Waals surface area contributed by atoms with Crippen LogP contribution in [-0.2, 0) is 4.79 Å². The van der Waals surface area contributed by atoms with Gasteiger partial charge in [-0.3, -0.25) is 9.59 Å². The Hall–Kier alpha value is -1.59. The van der Waals surface area contributed by atoms with Gasteiger partial charge in [0.1, 0.15) is 5.75 Å². The molecule has 0 bridgehead atoms. The van der Waals surface area contributed by atoms with Crippen molar-refractivity contribution in [3.63, 3.8) is 0 Å². The highest BCUT2D eigenvalue weighted by Gasteiger charge is 2.09. The molecular weight excluding hydrogens is 304 g/mol. The van der Waals surface area contributed by atoms with E-state index in [1.54, 1.807) is 24.3 Å². The quantitative estimate of drug-likeness (QED) is 0.510. The summed E-state index contributed by atoms with van der Waals surface area (Å²) < 4.78 is 5.46. The third-order valence-electron chi connectivity index (χ3n) is 2.93. The molecule has 22 heavy (non-hydrogen) atoms. The molecule has 0 fully saturated rings. The van der Waals surface area contributed by atoms with Gasteiger partial charge in [-0.05, 0) is 43.7 Å². The monoisotopic (exact) mass is 328 g/mol. The molecule has 0 spiro atoms. The van der Waals surface area contributed by atoms with Crippen LogP contribution < -0.4 is 15.8 Å². The minimum atomic E-state index is -0.111. The van der Waals surface area contributed by atoms with E-state index in [0.717, 1.165) is 18.6 Å². The van der Waals surface area contributed by atoms with Crippen molar-refractivity contribution in [1.29, 1.82) is 0 Å². The van der Waals surface area contributed by atoms with Crippen molar-refractivity contribution in [3.05, 3.63) is 29.8 Å². The van der Waals surface area contributed by atoms with Gasteiger partial charge in [0.25, 0.3) is 0 Å². The standard InChI is InChI=1S/C16H24N2O3.ClH/c1-2-12-21-14-6-4-13(5-7-14)15(19)8-9-16(20)18-11-3-10-17;/h4-7H,2-3,8-12,17H2,1H3,(H,18,20);1H. The summed E-state index contributed by atoms with van der Waals surface area (Å²) in [5.41, 5.74) is 5.95. The van der Waals surface area contributed by atoms with E-state index in [1.807, 2.05) is 6.92 Å². The lowest BCUT2D eigenvalue weighted by Crippen LogP contribution is -2.26. The molecule has 0 unspecified atom stereocenters. The van der Waals surface area contributed by atoms with Gasteiger partial charge in [-0.1, -0.05) is 6.92 Å². The lowest BCUT2D eigenvalue weighted by Gasteiger charge is -2.06. The average Bonchev–Trinajstić information content (AvgIpc) is 2.51. The SMILES string of the molecule is CCCOc1ccc(C(=O)CCC(=O)NCCCN)cc1.Cl. The molecule has 0 aromatic heterocycles. The molecule has 1 rings (SSSR count). The predicted octanol–water partition coefficient (Wildman–Crippen LogP) is 2.33. The fourth-order valence-electron chi connectivity index (χ4n) is 1.75. The van der Waals surface area contributed by atoms with Gasteiger partial charge in [0.15, 0.2) is 5.78 Å². The van der Waals surface area contributed by atoms with Crippen LogP contribution in [0, 0.1) is 0 Å². The maximum atomic E-state index is 12.0. The third kappa shape index (κ3) is 8.00. The summed E-state index contributed by atoms with van der Waals surface area (Å²) in [5, 5.41) is 2.73. The molecule has 0 heterocycles. The Balaban J connectivity index is 0.00000441. The summed E-state index contributed by atoms with van der Waals surface area (Å²) in [6.07, 6.45) is 2.11. The van der Waals surface area contributed by atoms with Crippen molar-refractivity contribution in [3.8, 4) is 5.75 Å². The molecule has 1 aromatic rings. The normalized spacial score (nSPS) is 9.73. The summed E-state index contributed by atoms with van der Waals surface area (Å²) in [6, 6.07) is 7.04. The number of benzene rings is 1. The number of carbonyl (C=O) groups is 2. The van der Waals surface area contributed by atoms with Crippen LogP contribution in [0.2, 0.25) is 0 Å². The fraction of sp³-hybridized carbons (Fsp3) is 0.500. The van der Waals surface area contributed by atoms with E-state index >= 15 is 0 Å². The summed E-state index contributed by atoms with van der Waals surface area (Å²) >= 11 is 0. The Kier molecular flexibility index (Phi) is 11.1. The van der Waals surface area contributed by atoms with Gasteiger partial charge in [0.05, 0.1) is 6.61 Å². The lowest BCUT2D eigenvalue weighted by atomic mass is 10.1. The summed E-state index contributed by atoms with van der Waals surface area (Å²) in [6.45, 7) is 3.81. The molecule has 124 valence electrons. The Morgan fingerprint density at radius 3 is 2.45 bits per heavy atom. The van der Waals surface area contributed by atoms with Gasteiger partial charge in [0, 0.05) is 24.9 Å². The first kappa shape index (κ1) is 20.4. The van der Waals surface area contributed by atoms with Crippen molar-refractivity contribution < 1.29 is 14.3 Å². The van der Waals surface area contributed by atoms with Gasteiger partial charge in [-0.15, -0.1) is 12.4 Å². The minimum absolute atomic E-state index is 0. The summed E-state index contributed by atoms with van der Waals surface area (Å²) in [5.74, 6) is 0.610. The Morgan fingerprint density at radius 1 is 1.18 bits per heavy atom. The van der Waals surface area contributed by atoms with Gasteiger partial charge < -0.3 is 15.8 Å². The number of Topliss-reactive ketones (excluding diaryl/α,β-unsaturated/α-hetero) is 1. The molecule has 5 nitrogen and oxygen atoms in total. The second-order valence-electron chi connectivity index (χ2n) is 4.79. The number of halogens is 1. The summed E-state index contributed by atoms with van der Waals surface area (Å²) in [4.78, 5) is 23.5. The summed E-state index contributed by atoms with van der Waals surface area (Å²) in [7, 11) is 0. The zero-order valence-corrected chi connectivity index (χ0v) is 13.8. The number of rotatable bonds is 10. The molecule has 3 N–H and O–H groups in total. The van der Waals surface area contributed by atoms with Crippen molar-refractivity contribution in [2.75, 3.05) is 19.7 Å². The number of nitrogens with two attached hydrogens (primary N) is 1. The van der Waals surface area contributed by atoms with Crippen molar-refractivity contribution in [1.82, 2.24) is 5.32 Å². The number of ether oxygens (including phenoxy) is 1. The molecule has 0 saturated carbocycles. The van der Waals surface area contributed by atoms with E-state index in [1.165, 1.54) is 0 Å². The van der Waals surface area contributed by atoms with E-state index in [4.69, 9.17) is 10.5 Å². The fourth-order valence-corrected chi connectivity index (χ4v) is 1.75. The third-order valence-corrected chi connectivity index (χ3v) is 2.93. The molecular formula is C16H25ClN2O3. The van der Waals surface area contributed by atoms with Crippen molar-refractivity contribution in [2.45, 2.75) is 32.6 Å². The molecule has 0 atom stereocenters. The van der Waals surface area contributed by atoms with Crippen molar-refractivity contribution >= 4 is 24.1 Å². The molecule has 0 aliphatic rings. The zero-order chi connectivity index (χ0) is 15.5. The van der Waals surface area contributed by atoms with Crippen LogP contribution in [0.1, 0.15) is 43.0 Å². The topological polar surface area (TPSA) is 81.4 Å². The second kappa shape index (κ2) is 12.0. The maximum Gasteiger partial charge on any atom is 0.220 e. The molecule has 1 amide bonds. The van der Waals surface area contributed by atoms with Crippen LogP contribution in [0.25, 0.3) is 0 Å². The van der Waals surface area contributed by atoms with Crippen LogP contribution in [0.15, 0.2) is 24.3 Å². The maximum absolute atomic E-state index is 12.0. The Morgan fingerprint density at radius 2 is 1.86 bits per heavy atom. The number of ketones is 1. The number of hydrogen-bond acceptors (Lipinski definition) is 4. The van der Waals surface area contributed by atoms with E-state index < -0.39 is 0 Å². The van der Waals surface area contributed by atoms with Crippen LogP contribution >= 0.6 is 12.4 Å². The molecule has 1 aromatic carbocycles. The number of amides is 1. The Labute approximate surface area is 138 Å². The first-order valence-corrected chi connectivity index (χ1v) is 7.40. The highest BCUT2D eigenvalue weighted by atomic mass is 35.5. The molecule has 0 aliphatic carbocycles. The van der Waals surface area contributed by atoms with E-state index in [-0.39, 0.29) is 36.9 Å². The van der Waals surface area contributed by atoms with Gasteiger partial charge in [-0.25, -0.2) is 0 Å². The highest BCUT2D eigenvalue weighted by Crippen LogP contribution is 2.14. The molecule has 0 aliphatic heterocycles. The van der Waals surface area contributed by atoms with Gasteiger partial charge in [0.2, 0.25) is 5.91 Å². The number of nitrogens with one attached hydrogen (secondary N) is 1. The van der Waals surface area contributed by atoms with Gasteiger partial charge >= 0.3 is 0 Å². The van der Waals surface area contributed by atoms with Crippen LogP contribution in [0.3, 0.4) is 0 Å². The average molecular weight is 329 g/mol. The lowest BCUT2D eigenvalue weighted by molar-refractivity contribution is -0.121. The van der Waals surface area contributed by atoms with Gasteiger partial charge in [-0.2, -0.15) is 0 Å². The van der Waals surface area contributed by atoms with E-state index in [2.05, 4.69) is 5.32 Å². The smallest absolute Gasteiger partial charge is 0.220 e. The van der Waals surface area contributed by atoms with E-state index in [0.29, 0.717) is 25.3 Å². The zero-order valence-electron chi connectivity index (χ0n) is 13.0. The van der Waals surface area contributed by atoms with Crippen molar-refractivity contribution in [2.24, 2.45) is 5.73 Å². The molecule has 0 saturated heterocycles. The first-order valence-electron chi connectivity index (χ1n) is 7.40. The number of carbonyl (C=O) groups excluding carboxylic acids is 2. The molecule has 6 heteroatoms. The largest absolute Gasteiger partial charge is 0.494 e. The van der Waals surface area contributed by atoms with Crippen LogP contribution in [0.5, 0.6) is 5.75 Å². The minimum Gasteiger partial charge on any atom is -0.494 e. The molecule has 0 radical (unpaired) electrons.